The number of nitrogens with zero attached hydrogens (tertiary/aromatic N) is 1. The molecule has 1 aliphatic rings. The lowest BCUT2D eigenvalue weighted by Crippen LogP contribution is -2.20. The molecule has 0 unspecified atom stereocenters. The van der Waals surface area contributed by atoms with E-state index in [1.807, 2.05) is 4.90 Å². The summed E-state index contributed by atoms with van der Waals surface area (Å²) in [7, 11) is 1.72. The summed E-state index contributed by atoms with van der Waals surface area (Å²) in [4.78, 5) is 2.00. The minimum absolute atomic E-state index is 0.585. The first kappa shape index (κ1) is 12.1. The number of alkyl halides is 3. The second-order valence-corrected chi connectivity index (χ2v) is 4.17. The number of anilines is 2. The van der Waals surface area contributed by atoms with Crippen molar-refractivity contribution in [2.24, 2.45) is 0 Å². The zero-order valence-electron chi connectivity index (χ0n) is 9.64. The monoisotopic (exact) mass is 244 g/mol. The molecule has 1 saturated heterocycles. The minimum Gasteiger partial charge on any atom is -0.386 e. The third-order valence-corrected chi connectivity index (χ3v) is 3.04. The molecule has 0 atom stereocenters. The van der Waals surface area contributed by atoms with E-state index in [2.05, 4.69) is 5.32 Å². The van der Waals surface area contributed by atoms with Gasteiger partial charge in [-0.25, -0.2) is 0 Å². The van der Waals surface area contributed by atoms with Gasteiger partial charge in [0.1, 0.15) is 0 Å². The first-order chi connectivity index (χ1) is 8.02. The summed E-state index contributed by atoms with van der Waals surface area (Å²) in [5.74, 6) is 0. The molecule has 0 saturated carbocycles. The topological polar surface area (TPSA) is 15.3 Å². The van der Waals surface area contributed by atoms with Crippen LogP contribution in [0.1, 0.15) is 18.4 Å². The van der Waals surface area contributed by atoms with Crippen LogP contribution in [0.5, 0.6) is 0 Å². The molecular weight excluding hydrogens is 229 g/mol. The number of halogens is 3. The summed E-state index contributed by atoms with van der Waals surface area (Å²) in [5, 5.41) is 2.94. The predicted molar refractivity (Wildman–Crippen MR) is 62.4 cm³/mol. The fraction of sp³-hybridized carbons (Fsp3) is 0.500. The molecule has 0 aliphatic carbocycles. The van der Waals surface area contributed by atoms with E-state index in [9.17, 15) is 13.2 Å². The molecule has 0 amide bonds. The Kier molecular flexibility index (Phi) is 3.17. The highest BCUT2D eigenvalue weighted by Crippen LogP contribution is 2.36. The summed E-state index contributed by atoms with van der Waals surface area (Å²) < 4.78 is 38.0. The number of hydrogen-bond donors (Lipinski definition) is 1. The van der Waals surface area contributed by atoms with Crippen molar-refractivity contribution in [3.63, 3.8) is 0 Å². The van der Waals surface area contributed by atoms with Crippen LogP contribution >= 0.6 is 0 Å². The van der Waals surface area contributed by atoms with E-state index in [1.54, 1.807) is 7.05 Å². The average Bonchev–Trinajstić information content (AvgIpc) is 2.80. The molecule has 2 rings (SSSR count). The van der Waals surface area contributed by atoms with E-state index in [4.69, 9.17) is 0 Å². The van der Waals surface area contributed by atoms with Crippen LogP contribution in [0.2, 0.25) is 0 Å². The number of rotatable bonds is 2. The Morgan fingerprint density at radius 3 is 2.35 bits per heavy atom. The van der Waals surface area contributed by atoms with Crippen molar-refractivity contribution in [3.05, 3.63) is 23.8 Å². The van der Waals surface area contributed by atoms with Crippen LogP contribution < -0.4 is 10.2 Å². The van der Waals surface area contributed by atoms with Gasteiger partial charge < -0.3 is 10.2 Å². The zero-order chi connectivity index (χ0) is 12.5. The molecule has 1 heterocycles. The molecule has 1 aromatic rings. The summed E-state index contributed by atoms with van der Waals surface area (Å²) in [6.45, 7) is 1.66. The van der Waals surface area contributed by atoms with Crippen LogP contribution in [-0.2, 0) is 6.18 Å². The predicted octanol–water partition coefficient (Wildman–Crippen LogP) is 3.35. The molecule has 17 heavy (non-hydrogen) atoms. The normalized spacial score (nSPS) is 16.4. The van der Waals surface area contributed by atoms with Gasteiger partial charge in [-0.05, 0) is 31.0 Å². The Labute approximate surface area is 98.4 Å². The van der Waals surface area contributed by atoms with Gasteiger partial charge in [-0.2, -0.15) is 13.2 Å². The Bertz CT molecular complexity index is 395. The first-order valence-corrected chi connectivity index (χ1v) is 5.66. The van der Waals surface area contributed by atoms with Crippen LogP contribution in [0.15, 0.2) is 18.2 Å². The molecule has 0 spiro atoms. The van der Waals surface area contributed by atoms with Gasteiger partial charge in [0.15, 0.2) is 0 Å². The maximum Gasteiger partial charge on any atom is 0.416 e. The summed E-state index contributed by atoms with van der Waals surface area (Å²) in [6.07, 6.45) is -2.19. The van der Waals surface area contributed by atoms with Gasteiger partial charge >= 0.3 is 6.18 Å². The van der Waals surface area contributed by atoms with Crippen molar-refractivity contribution in [1.29, 1.82) is 0 Å². The second-order valence-electron chi connectivity index (χ2n) is 4.17. The van der Waals surface area contributed by atoms with Crippen molar-refractivity contribution in [1.82, 2.24) is 0 Å². The third kappa shape index (κ3) is 2.48. The van der Waals surface area contributed by atoms with Crippen molar-refractivity contribution < 1.29 is 13.2 Å². The Morgan fingerprint density at radius 2 is 1.82 bits per heavy atom. The molecule has 1 aliphatic heterocycles. The smallest absolute Gasteiger partial charge is 0.386 e. The molecule has 0 bridgehead atoms. The van der Waals surface area contributed by atoms with Crippen molar-refractivity contribution in [2.75, 3.05) is 30.4 Å². The van der Waals surface area contributed by atoms with Gasteiger partial charge in [-0.3, -0.25) is 0 Å². The van der Waals surface area contributed by atoms with Crippen molar-refractivity contribution in [3.8, 4) is 0 Å². The number of benzene rings is 1. The van der Waals surface area contributed by atoms with Crippen LogP contribution in [0.25, 0.3) is 0 Å². The van der Waals surface area contributed by atoms with Crippen LogP contribution in [-0.4, -0.2) is 20.1 Å². The molecule has 94 valence electrons. The molecule has 2 nitrogen and oxygen atoms in total. The fourth-order valence-corrected chi connectivity index (χ4v) is 2.14. The van der Waals surface area contributed by atoms with Crippen LogP contribution in [0, 0.1) is 0 Å². The molecular formula is C12H15F3N2. The van der Waals surface area contributed by atoms with E-state index in [0.29, 0.717) is 5.69 Å². The SMILES string of the molecule is CNc1ccc(C(F)(F)F)cc1N1CCCC1. The number of nitrogens with one attached hydrogen (secondary N) is 1. The number of hydrogen-bond acceptors (Lipinski definition) is 2. The molecule has 0 radical (unpaired) electrons. The maximum atomic E-state index is 12.7. The van der Waals surface area contributed by atoms with E-state index in [0.717, 1.165) is 37.7 Å². The summed E-state index contributed by atoms with van der Waals surface area (Å²) >= 11 is 0. The Morgan fingerprint density at radius 1 is 1.18 bits per heavy atom. The highest BCUT2D eigenvalue weighted by atomic mass is 19.4. The standard InChI is InChI=1S/C12H15F3N2/c1-16-10-5-4-9(12(13,14)15)8-11(10)17-6-2-3-7-17/h4-5,8,16H,2-3,6-7H2,1H3. The highest BCUT2D eigenvalue weighted by molar-refractivity contribution is 5.71. The van der Waals surface area contributed by atoms with Crippen LogP contribution in [0.4, 0.5) is 24.5 Å². The van der Waals surface area contributed by atoms with E-state index in [1.165, 1.54) is 12.1 Å². The molecule has 1 fully saturated rings. The molecule has 0 aromatic heterocycles. The lowest BCUT2D eigenvalue weighted by atomic mass is 10.1. The van der Waals surface area contributed by atoms with Crippen LogP contribution in [0.3, 0.4) is 0 Å². The quantitative estimate of drug-likeness (QED) is 0.858. The fourth-order valence-electron chi connectivity index (χ4n) is 2.14. The highest BCUT2D eigenvalue weighted by Gasteiger charge is 2.31. The van der Waals surface area contributed by atoms with Gasteiger partial charge in [0, 0.05) is 20.1 Å². The van der Waals surface area contributed by atoms with E-state index in [-0.39, 0.29) is 0 Å². The summed E-state index contributed by atoms with van der Waals surface area (Å²) in [6, 6.07) is 3.85. The van der Waals surface area contributed by atoms with Gasteiger partial charge in [-0.15, -0.1) is 0 Å². The maximum absolute atomic E-state index is 12.7. The lowest BCUT2D eigenvalue weighted by Gasteiger charge is -2.22. The summed E-state index contributed by atoms with van der Waals surface area (Å²) in [5.41, 5.74) is 0.818. The van der Waals surface area contributed by atoms with Gasteiger partial charge in [0.25, 0.3) is 0 Å². The Balaban J connectivity index is 2.39. The van der Waals surface area contributed by atoms with Gasteiger partial charge in [0.2, 0.25) is 0 Å². The van der Waals surface area contributed by atoms with Gasteiger partial charge in [-0.1, -0.05) is 0 Å². The first-order valence-electron chi connectivity index (χ1n) is 5.66. The second kappa shape index (κ2) is 4.47. The van der Waals surface area contributed by atoms with E-state index < -0.39 is 11.7 Å². The van der Waals surface area contributed by atoms with Gasteiger partial charge in [0.05, 0.1) is 16.9 Å². The molecule has 5 heteroatoms. The molecule has 1 aromatic carbocycles. The minimum atomic E-state index is -4.28. The van der Waals surface area contributed by atoms with E-state index >= 15 is 0 Å². The molecule has 1 N–H and O–H groups in total. The van der Waals surface area contributed by atoms with Crippen molar-refractivity contribution >= 4 is 11.4 Å². The lowest BCUT2D eigenvalue weighted by molar-refractivity contribution is -0.137. The van der Waals surface area contributed by atoms with Crippen molar-refractivity contribution in [2.45, 2.75) is 19.0 Å². The zero-order valence-corrected chi connectivity index (χ0v) is 9.64. The average molecular weight is 244 g/mol. The largest absolute Gasteiger partial charge is 0.416 e. The third-order valence-electron chi connectivity index (χ3n) is 3.04. The Hall–Kier alpha value is -1.39.